The van der Waals surface area contributed by atoms with Gasteiger partial charge in [-0.05, 0) is 40.8 Å². The van der Waals surface area contributed by atoms with Crippen molar-refractivity contribution in [1.29, 1.82) is 0 Å². The van der Waals surface area contributed by atoms with Crippen molar-refractivity contribution in [3.63, 3.8) is 0 Å². The number of sulfone groups is 1. The van der Waals surface area contributed by atoms with E-state index in [1.165, 1.54) is 0 Å². The maximum Gasteiger partial charge on any atom is 0.228 e. The summed E-state index contributed by atoms with van der Waals surface area (Å²) in [6, 6.07) is 4.94. The number of halogens is 1. The SMILES string of the molecule is CC1CS(=O)(=O)c2ccc(I)cc2NC1=O. The molecule has 1 aromatic carbocycles. The third-order valence-electron chi connectivity index (χ3n) is 2.45. The minimum absolute atomic E-state index is 0.133. The van der Waals surface area contributed by atoms with Crippen molar-refractivity contribution in [1.82, 2.24) is 0 Å². The van der Waals surface area contributed by atoms with Crippen LogP contribution in [0.3, 0.4) is 0 Å². The van der Waals surface area contributed by atoms with E-state index in [-0.39, 0.29) is 16.6 Å². The van der Waals surface area contributed by atoms with E-state index in [2.05, 4.69) is 27.9 Å². The molecule has 0 aromatic heterocycles. The Morgan fingerprint density at radius 2 is 2.12 bits per heavy atom. The van der Waals surface area contributed by atoms with Crippen molar-refractivity contribution in [2.24, 2.45) is 5.92 Å². The number of benzene rings is 1. The number of carbonyl (C=O) groups is 1. The number of rotatable bonds is 0. The van der Waals surface area contributed by atoms with E-state index in [0.29, 0.717) is 5.69 Å². The molecule has 1 atom stereocenters. The predicted octanol–water partition coefficient (Wildman–Crippen LogP) is 1.65. The smallest absolute Gasteiger partial charge is 0.228 e. The second-order valence-corrected chi connectivity index (χ2v) is 7.06. The van der Waals surface area contributed by atoms with E-state index in [0.717, 1.165) is 3.57 Å². The fraction of sp³-hybridized carbons (Fsp3) is 0.300. The summed E-state index contributed by atoms with van der Waals surface area (Å²) in [4.78, 5) is 11.8. The standard InChI is InChI=1S/C10H10INO3S/c1-6-5-16(14,15)9-3-2-7(11)4-8(9)12-10(6)13/h2-4,6H,5H2,1H3,(H,12,13). The second-order valence-electron chi connectivity index (χ2n) is 3.81. The Hall–Kier alpha value is -0.630. The first kappa shape index (κ1) is 11.8. The van der Waals surface area contributed by atoms with Gasteiger partial charge in [-0.1, -0.05) is 6.92 Å². The average molecular weight is 351 g/mol. The van der Waals surface area contributed by atoms with Crippen LogP contribution in [0, 0.1) is 9.49 Å². The molecule has 1 heterocycles. The van der Waals surface area contributed by atoms with E-state index in [9.17, 15) is 13.2 Å². The van der Waals surface area contributed by atoms with E-state index < -0.39 is 15.8 Å². The molecule has 1 aromatic rings. The van der Waals surface area contributed by atoms with Crippen molar-refractivity contribution in [2.45, 2.75) is 11.8 Å². The van der Waals surface area contributed by atoms with Gasteiger partial charge in [-0.15, -0.1) is 0 Å². The normalized spacial score (nSPS) is 23.1. The summed E-state index contributed by atoms with van der Waals surface area (Å²) in [5.41, 5.74) is 0.390. The molecule has 0 radical (unpaired) electrons. The molecule has 0 spiro atoms. The minimum atomic E-state index is -3.36. The van der Waals surface area contributed by atoms with Gasteiger partial charge >= 0.3 is 0 Å². The van der Waals surface area contributed by atoms with Gasteiger partial charge in [-0.25, -0.2) is 8.42 Å². The van der Waals surface area contributed by atoms with Crippen molar-refractivity contribution in [3.8, 4) is 0 Å². The van der Waals surface area contributed by atoms with E-state index >= 15 is 0 Å². The lowest BCUT2D eigenvalue weighted by atomic mass is 10.2. The summed E-state index contributed by atoms with van der Waals surface area (Å²) in [6.45, 7) is 1.61. The molecular weight excluding hydrogens is 341 g/mol. The highest BCUT2D eigenvalue weighted by Crippen LogP contribution is 2.29. The van der Waals surface area contributed by atoms with Crippen LogP contribution in [-0.2, 0) is 14.6 Å². The van der Waals surface area contributed by atoms with E-state index in [4.69, 9.17) is 0 Å². The third kappa shape index (κ3) is 2.08. The first-order valence-corrected chi connectivity index (χ1v) is 7.46. The van der Waals surface area contributed by atoms with Gasteiger partial charge in [0.2, 0.25) is 5.91 Å². The Morgan fingerprint density at radius 1 is 1.44 bits per heavy atom. The molecule has 0 saturated carbocycles. The maximum atomic E-state index is 12.0. The largest absolute Gasteiger partial charge is 0.325 e. The van der Waals surface area contributed by atoms with Gasteiger partial charge < -0.3 is 5.32 Å². The van der Waals surface area contributed by atoms with Crippen LogP contribution in [-0.4, -0.2) is 20.1 Å². The molecule has 1 aliphatic rings. The first-order chi connectivity index (χ1) is 7.40. The quantitative estimate of drug-likeness (QED) is 0.723. The highest BCUT2D eigenvalue weighted by molar-refractivity contribution is 14.1. The Morgan fingerprint density at radius 3 is 2.81 bits per heavy atom. The third-order valence-corrected chi connectivity index (χ3v) is 5.09. The second kappa shape index (κ2) is 3.99. The molecule has 1 N–H and O–H groups in total. The van der Waals surface area contributed by atoms with Crippen molar-refractivity contribution < 1.29 is 13.2 Å². The van der Waals surface area contributed by atoms with Crippen LogP contribution < -0.4 is 5.32 Å². The molecule has 1 unspecified atom stereocenters. The van der Waals surface area contributed by atoms with Gasteiger partial charge in [0.15, 0.2) is 9.84 Å². The van der Waals surface area contributed by atoms with Crippen LogP contribution in [0.25, 0.3) is 0 Å². The fourth-order valence-corrected chi connectivity index (χ4v) is 3.82. The lowest BCUT2D eigenvalue weighted by Gasteiger charge is -2.06. The van der Waals surface area contributed by atoms with Crippen LogP contribution in [0.1, 0.15) is 6.92 Å². The zero-order valence-electron chi connectivity index (χ0n) is 8.53. The molecule has 0 fully saturated rings. The molecule has 1 aliphatic heterocycles. The number of hydrogen-bond donors (Lipinski definition) is 1. The van der Waals surface area contributed by atoms with Crippen molar-refractivity contribution >= 4 is 44.0 Å². The molecular formula is C10H10INO3S. The summed E-state index contributed by atoms with van der Waals surface area (Å²) in [7, 11) is -3.36. The first-order valence-electron chi connectivity index (χ1n) is 4.73. The minimum Gasteiger partial charge on any atom is -0.325 e. The molecule has 16 heavy (non-hydrogen) atoms. The number of carbonyl (C=O) groups excluding carboxylic acids is 1. The number of nitrogens with one attached hydrogen (secondary N) is 1. The lowest BCUT2D eigenvalue weighted by Crippen LogP contribution is -2.22. The van der Waals surface area contributed by atoms with Crippen LogP contribution in [0.5, 0.6) is 0 Å². The van der Waals surface area contributed by atoms with E-state index in [1.807, 2.05) is 0 Å². The van der Waals surface area contributed by atoms with Crippen LogP contribution in [0.2, 0.25) is 0 Å². The summed E-state index contributed by atoms with van der Waals surface area (Å²) < 4.78 is 24.8. The molecule has 4 nitrogen and oxygen atoms in total. The van der Waals surface area contributed by atoms with Crippen LogP contribution >= 0.6 is 22.6 Å². The van der Waals surface area contributed by atoms with Gasteiger partial charge in [-0.2, -0.15) is 0 Å². The highest BCUT2D eigenvalue weighted by atomic mass is 127. The molecule has 1 amide bonds. The van der Waals surface area contributed by atoms with Gasteiger partial charge in [0.05, 0.1) is 16.3 Å². The Bertz CT molecular complexity index is 553. The van der Waals surface area contributed by atoms with Gasteiger partial charge in [0.1, 0.15) is 0 Å². The Labute approximate surface area is 107 Å². The van der Waals surface area contributed by atoms with Crippen molar-refractivity contribution in [3.05, 3.63) is 21.8 Å². The zero-order valence-corrected chi connectivity index (χ0v) is 11.5. The van der Waals surface area contributed by atoms with Crippen LogP contribution in [0.4, 0.5) is 5.69 Å². The zero-order chi connectivity index (χ0) is 11.9. The van der Waals surface area contributed by atoms with Gasteiger partial charge in [0, 0.05) is 9.49 Å². The summed E-state index contributed by atoms with van der Waals surface area (Å²) in [6.07, 6.45) is 0. The molecule has 0 aliphatic carbocycles. The monoisotopic (exact) mass is 351 g/mol. The number of anilines is 1. The number of fused-ring (bicyclic) bond motifs is 1. The average Bonchev–Trinajstić information content (AvgIpc) is 2.22. The van der Waals surface area contributed by atoms with Gasteiger partial charge in [-0.3, -0.25) is 4.79 Å². The number of hydrogen-bond acceptors (Lipinski definition) is 3. The number of amides is 1. The van der Waals surface area contributed by atoms with Crippen molar-refractivity contribution in [2.75, 3.05) is 11.1 Å². The molecule has 6 heteroatoms. The molecule has 0 saturated heterocycles. The molecule has 2 rings (SSSR count). The summed E-state index contributed by atoms with van der Waals surface area (Å²) in [5, 5.41) is 2.65. The maximum absolute atomic E-state index is 12.0. The predicted molar refractivity (Wildman–Crippen MR) is 69.0 cm³/mol. The molecule has 86 valence electrons. The summed E-state index contributed by atoms with van der Waals surface area (Å²) in [5.74, 6) is -0.897. The van der Waals surface area contributed by atoms with Gasteiger partial charge in [0.25, 0.3) is 0 Å². The highest BCUT2D eigenvalue weighted by Gasteiger charge is 2.30. The fourth-order valence-electron chi connectivity index (χ4n) is 1.62. The Balaban J connectivity index is 2.65. The van der Waals surface area contributed by atoms with Crippen LogP contribution in [0.15, 0.2) is 23.1 Å². The summed E-state index contributed by atoms with van der Waals surface area (Å²) >= 11 is 2.08. The topological polar surface area (TPSA) is 63.2 Å². The molecule has 0 bridgehead atoms. The Kier molecular flexibility index (Phi) is 2.95. The lowest BCUT2D eigenvalue weighted by molar-refractivity contribution is -0.118. The van der Waals surface area contributed by atoms with E-state index in [1.54, 1.807) is 25.1 Å².